The van der Waals surface area contributed by atoms with Crippen molar-refractivity contribution in [3.05, 3.63) is 59.2 Å². The van der Waals surface area contributed by atoms with Crippen molar-refractivity contribution >= 4 is 0 Å². The first-order valence-corrected chi connectivity index (χ1v) is 7.00. The lowest BCUT2D eigenvalue weighted by molar-refractivity contribution is 0.480. The monoisotopic (exact) mass is 265 g/mol. The molecule has 0 aliphatic rings. The third-order valence-electron chi connectivity index (χ3n) is 3.23. The first-order valence-electron chi connectivity index (χ1n) is 7.00. The lowest BCUT2D eigenvalue weighted by Crippen LogP contribution is -1.90. The molecular weight excluding hydrogens is 246 g/mol. The highest BCUT2D eigenvalue weighted by atomic mass is 16.5. The van der Waals surface area contributed by atoms with E-state index in [1.165, 1.54) is 18.4 Å². The SMILES string of the molecule is CCCCc1ccc(Oc2ccc(C)cc2C#N)cc1. The van der Waals surface area contributed by atoms with Crippen LogP contribution in [-0.2, 0) is 6.42 Å². The lowest BCUT2D eigenvalue weighted by atomic mass is 10.1. The molecule has 102 valence electrons. The molecule has 0 bridgehead atoms. The molecule has 0 radical (unpaired) electrons. The first kappa shape index (κ1) is 14.1. The zero-order valence-corrected chi connectivity index (χ0v) is 12.0. The van der Waals surface area contributed by atoms with E-state index in [4.69, 9.17) is 10.00 Å². The number of unbranched alkanes of at least 4 members (excludes halogenated alkanes) is 1. The van der Waals surface area contributed by atoms with Gasteiger partial charge in [-0.05, 0) is 55.2 Å². The van der Waals surface area contributed by atoms with Crippen molar-refractivity contribution in [3.8, 4) is 17.6 Å². The smallest absolute Gasteiger partial charge is 0.145 e. The molecule has 2 heteroatoms. The van der Waals surface area contributed by atoms with Gasteiger partial charge in [0.1, 0.15) is 17.6 Å². The van der Waals surface area contributed by atoms with Crippen molar-refractivity contribution in [2.45, 2.75) is 33.1 Å². The van der Waals surface area contributed by atoms with Gasteiger partial charge in [0.2, 0.25) is 0 Å². The van der Waals surface area contributed by atoms with Gasteiger partial charge in [0, 0.05) is 0 Å². The minimum absolute atomic E-state index is 0.569. The fraction of sp³-hybridized carbons (Fsp3) is 0.278. The second-order valence-corrected chi connectivity index (χ2v) is 4.96. The number of ether oxygens (including phenoxy) is 1. The van der Waals surface area contributed by atoms with E-state index < -0.39 is 0 Å². The van der Waals surface area contributed by atoms with Crippen LogP contribution in [0.4, 0.5) is 0 Å². The van der Waals surface area contributed by atoms with Crippen LogP contribution in [0.25, 0.3) is 0 Å². The van der Waals surface area contributed by atoms with Crippen LogP contribution in [-0.4, -0.2) is 0 Å². The van der Waals surface area contributed by atoms with Crippen LogP contribution in [0.2, 0.25) is 0 Å². The standard InChI is InChI=1S/C18H19NO/c1-3-4-5-15-7-9-17(10-8-15)20-18-11-6-14(2)12-16(18)13-19/h6-12H,3-5H2,1-2H3. The van der Waals surface area contributed by atoms with Gasteiger partial charge in [0.25, 0.3) is 0 Å². The summed E-state index contributed by atoms with van der Waals surface area (Å²) in [6.07, 6.45) is 3.51. The third-order valence-corrected chi connectivity index (χ3v) is 3.23. The third kappa shape index (κ3) is 3.61. The van der Waals surface area contributed by atoms with Gasteiger partial charge >= 0.3 is 0 Å². The highest BCUT2D eigenvalue weighted by Crippen LogP contribution is 2.26. The largest absolute Gasteiger partial charge is 0.456 e. The first-order chi connectivity index (χ1) is 9.72. The van der Waals surface area contributed by atoms with Crippen molar-refractivity contribution in [1.82, 2.24) is 0 Å². The van der Waals surface area contributed by atoms with Gasteiger partial charge in [-0.25, -0.2) is 0 Å². The minimum Gasteiger partial charge on any atom is -0.456 e. The van der Waals surface area contributed by atoms with E-state index in [1.54, 1.807) is 0 Å². The Labute approximate surface area is 120 Å². The van der Waals surface area contributed by atoms with Gasteiger partial charge in [-0.2, -0.15) is 5.26 Å². The molecule has 0 aromatic heterocycles. The molecule has 0 aliphatic carbocycles. The van der Waals surface area contributed by atoms with E-state index in [1.807, 2.05) is 37.3 Å². The average molecular weight is 265 g/mol. The second-order valence-electron chi connectivity index (χ2n) is 4.96. The Kier molecular flexibility index (Phi) is 4.79. The van der Waals surface area contributed by atoms with Gasteiger partial charge in [0.15, 0.2) is 0 Å². The van der Waals surface area contributed by atoms with Gasteiger partial charge in [0.05, 0.1) is 5.56 Å². The molecule has 20 heavy (non-hydrogen) atoms. The number of nitriles is 1. The number of nitrogens with zero attached hydrogens (tertiary/aromatic N) is 1. The Bertz CT molecular complexity index is 608. The summed E-state index contributed by atoms with van der Waals surface area (Å²) >= 11 is 0. The predicted molar refractivity (Wildman–Crippen MR) is 81.0 cm³/mol. The van der Waals surface area contributed by atoms with Crippen LogP contribution in [0.3, 0.4) is 0 Å². The molecule has 2 aromatic rings. The quantitative estimate of drug-likeness (QED) is 0.762. The molecule has 0 atom stereocenters. The molecule has 2 rings (SSSR count). The fourth-order valence-electron chi connectivity index (χ4n) is 2.05. The number of benzene rings is 2. The summed E-state index contributed by atoms with van der Waals surface area (Å²) in [5, 5.41) is 9.13. The lowest BCUT2D eigenvalue weighted by Gasteiger charge is -2.08. The zero-order valence-electron chi connectivity index (χ0n) is 12.0. The van der Waals surface area contributed by atoms with E-state index in [0.29, 0.717) is 11.3 Å². The molecule has 0 fully saturated rings. The topological polar surface area (TPSA) is 33.0 Å². The van der Waals surface area contributed by atoms with Crippen LogP contribution in [0, 0.1) is 18.3 Å². The summed E-state index contributed by atoms with van der Waals surface area (Å²) in [5.74, 6) is 1.38. The van der Waals surface area contributed by atoms with Crippen LogP contribution in [0.15, 0.2) is 42.5 Å². The zero-order chi connectivity index (χ0) is 14.4. The van der Waals surface area contributed by atoms with Crippen LogP contribution >= 0.6 is 0 Å². The maximum atomic E-state index is 9.13. The van der Waals surface area contributed by atoms with Crippen molar-refractivity contribution < 1.29 is 4.74 Å². The van der Waals surface area contributed by atoms with Crippen molar-refractivity contribution in [2.75, 3.05) is 0 Å². The Morgan fingerprint density at radius 3 is 2.50 bits per heavy atom. The van der Waals surface area contributed by atoms with E-state index in [0.717, 1.165) is 17.7 Å². The highest BCUT2D eigenvalue weighted by molar-refractivity contribution is 5.47. The number of rotatable bonds is 5. The Morgan fingerprint density at radius 1 is 1.10 bits per heavy atom. The normalized spacial score (nSPS) is 10.1. The molecule has 2 aromatic carbocycles. The highest BCUT2D eigenvalue weighted by Gasteiger charge is 2.05. The van der Waals surface area contributed by atoms with E-state index >= 15 is 0 Å². The van der Waals surface area contributed by atoms with Crippen LogP contribution in [0.5, 0.6) is 11.5 Å². The van der Waals surface area contributed by atoms with Crippen LogP contribution in [0.1, 0.15) is 36.5 Å². The Morgan fingerprint density at radius 2 is 1.85 bits per heavy atom. The van der Waals surface area contributed by atoms with E-state index in [9.17, 15) is 0 Å². The number of hydrogen-bond donors (Lipinski definition) is 0. The molecule has 0 unspecified atom stereocenters. The maximum absolute atomic E-state index is 9.13. The van der Waals surface area contributed by atoms with E-state index in [2.05, 4.69) is 25.1 Å². The second kappa shape index (κ2) is 6.77. The fourth-order valence-corrected chi connectivity index (χ4v) is 2.05. The van der Waals surface area contributed by atoms with Gasteiger partial charge in [-0.1, -0.05) is 31.5 Å². The van der Waals surface area contributed by atoms with Crippen molar-refractivity contribution in [2.24, 2.45) is 0 Å². The minimum atomic E-state index is 0.569. The van der Waals surface area contributed by atoms with Gasteiger partial charge in [-0.3, -0.25) is 0 Å². The summed E-state index contributed by atoms with van der Waals surface area (Å²) in [4.78, 5) is 0. The Hall–Kier alpha value is -2.27. The summed E-state index contributed by atoms with van der Waals surface area (Å²) in [6, 6.07) is 15.9. The molecule has 0 amide bonds. The summed E-state index contributed by atoms with van der Waals surface area (Å²) in [6.45, 7) is 4.16. The van der Waals surface area contributed by atoms with Crippen molar-refractivity contribution in [3.63, 3.8) is 0 Å². The molecule has 0 spiro atoms. The summed E-state index contributed by atoms with van der Waals surface area (Å²) in [5.41, 5.74) is 2.95. The predicted octanol–water partition coefficient (Wildman–Crippen LogP) is 5.00. The van der Waals surface area contributed by atoms with Gasteiger partial charge in [-0.15, -0.1) is 0 Å². The Balaban J connectivity index is 2.12. The summed E-state index contributed by atoms with van der Waals surface area (Å²) < 4.78 is 5.79. The van der Waals surface area contributed by atoms with Gasteiger partial charge < -0.3 is 4.74 Å². The maximum Gasteiger partial charge on any atom is 0.145 e. The van der Waals surface area contributed by atoms with Crippen LogP contribution < -0.4 is 4.74 Å². The molecule has 0 saturated heterocycles. The molecule has 2 nitrogen and oxygen atoms in total. The van der Waals surface area contributed by atoms with Crippen molar-refractivity contribution in [1.29, 1.82) is 5.26 Å². The molecule has 0 saturated carbocycles. The average Bonchev–Trinajstić information content (AvgIpc) is 2.48. The molecular formula is C18H19NO. The van der Waals surface area contributed by atoms with E-state index in [-0.39, 0.29) is 0 Å². The number of aryl methyl sites for hydroxylation is 2. The summed E-state index contributed by atoms with van der Waals surface area (Å²) in [7, 11) is 0. The number of hydrogen-bond acceptors (Lipinski definition) is 2. The molecule has 0 N–H and O–H groups in total. The molecule has 0 aliphatic heterocycles. The molecule has 0 heterocycles.